The van der Waals surface area contributed by atoms with Crippen molar-refractivity contribution in [2.24, 2.45) is 11.7 Å². The SMILES string of the molecule is Cc1cccc(OCCN(C)C(=O)C(N)C2CCOCC2)c1. The van der Waals surface area contributed by atoms with Crippen LogP contribution in [0.5, 0.6) is 5.75 Å². The van der Waals surface area contributed by atoms with E-state index in [-0.39, 0.29) is 11.8 Å². The summed E-state index contributed by atoms with van der Waals surface area (Å²) in [6.07, 6.45) is 1.72. The molecule has 1 heterocycles. The minimum atomic E-state index is -0.437. The lowest BCUT2D eigenvalue weighted by atomic mass is 9.91. The van der Waals surface area contributed by atoms with Gasteiger partial charge in [-0.05, 0) is 43.4 Å². The summed E-state index contributed by atoms with van der Waals surface area (Å²) in [6, 6.07) is 7.45. The Bertz CT molecular complexity index is 487. The number of carbonyl (C=O) groups excluding carboxylic acids is 1. The summed E-state index contributed by atoms with van der Waals surface area (Å²) in [6.45, 7) is 4.42. The van der Waals surface area contributed by atoms with Gasteiger partial charge in [-0.1, -0.05) is 12.1 Å². The predicted molar refractivity (Wildman–Crippen MR) is 85.8 cm³/mol. The number of benzene rings is 1. The number of hydrogen-bond acceptors (Lipinski definition) is 4. The zero-order chi connectivity index (χ0) is 15.9. The molecule has 0 saturated carbocycles. The van der Waals surface area contributed by atoms with Gasteiger partial charge >= 0.3 is 0 Å². The molecular weight excluding hydrogens is 280 g/mol. The van der Waals surface area contributed by atoms with E-state index in [9.17, 15) is 4.79 Å². The van der Waals surface area contributed by atoms with Gasteiger partial charge in [-0.25, -0.2) is 0 Å². The molecule has 0 radical (unpaired) electrons. The third-order valence-corrected chi connectivity index (χ3v) is 4.12. The van der Waals surface area contributed by atoms with Gasteiger partial charge in [-0.3, -0.25) is 4.79 Å². The van der Waals surface area contributed by atoms with Gasteiger partial charge in [0, 0.05) is 20.3 Å². The van der Waals surface area contributed by atoms with Gasteiger partial charge in [0.05, 0.1) is 12.6 Å². The number of carbonyl (C=O) groups is 1. The van der Waals surface area contributed by atoms with E-state index in [2.05, 4.69) is 0 Å². The molecule has 0 aliphatic carbocycles. The Kier molecular flexibility index (Phi) is 6.21. The Morgan fingerprint density at radius 1 is 1.45 bits per heavy atom. The smallest absolute Gasteiger partial charge is 0.239 e. The Morgan fingerprint density at radius 2 is 2.18 bits per heavy atom. The molecular formula is C17H26N2O3. The Morgan fingerprint density at radius 3 is 2.86 bits per heavy atom. The highest BCUT2D eigenvalue weighted by Gasteiger charge is 2.28. The first-order valence-corrected chi connectivity index (χ1v) is 7.85. The van der Waals surface area contributed by atoms with Crippen molar-refractivity contribution in [1.29, 1.82) is 0 Å². The van der Waals surface area contributed by atoms with E-state index in [0.29, 0.717) is 26.4 Å². The van der Waals surface area contributed by atoms with Crippen LogP contribution in [0.4, 0.5) is 0 Å². The highest BCUT2D eigenvalue weighted by Crippen LogP contribution is 2.18. The second-order valence-corrected chi connectivity index (χ2v) is 5.90. The highest BCUT2D eigenvalue weighted by molar-refractivity contribution is 5.81. The van der Waals surface area contributed by atoms with Crippen LogP contribution in [0.2, 0.25) is 0 Å². The van der Waals surface area contributed by atoms with Gasteiger partial charge < -0.3 is 20.1 Å². The van der Waals surface area contributed by atoms with Gasteiger partial charge in [0.2, 0.25) is 5.91 Å². The van der Waals surface area contributed by atoms with Crippen LogP contribution in [-0.4, -0.2) is 50.3 Å². The molecule has 0 aromatic heterocycles. The summed E-state index contributed by atoms with van der Waals surface area (Å²) in [5, 5.41) is 0. The summed E-state index contributed by atoms with van der Waals surface area (Å²) in [4.78, 5) is 14.0. The molecule has 2 rings (SSSR count). The minimum Gasteiger partial charge on any atom is -0.492 e. The Labute approximate surface area is 132 Å². The molecule has 5 nitrogen and oxygen atoms in total. The van der Waals surface area contributed by atoms with Crippen LogP contribution in [0.15, 0.2) is 24.3 Å². The lowest BCUT2D eigenvalue weighted by molar-refractivity contribution is -0.133. The van der Waals surface area contributed by atoms with Crippen molar-refractivity contribution in [3.05, 3.63) is 29.8 Å². The van der Waals surface area contributed by atoms with E-state index in [4.69, 9.17) is 15.2 Å². The molecule has 1 saturated heterocycles. The summed E-state index contributed by atoms with van der Waals surface area (Å²) >= 11 is 0. The lowest BCUT2D eigenvalue weighted by Crippen LogP contribution is -2.48. The number of amides is 1. The molecule has 1 aliphatic heterocycles. The monoisotopic (exact) mass is 306 g/mol. The van der Waals surface area contributed by atoms with E-state index >= 15 is 0 Å². The summed E-state index contributed by atoms with van der Waals surface area (Å²) < 4.78 is 11.0. The second kappa shape index (κ2) is 8.15. The van der Waals surface area contributed by atoms with Crippen LogP contribution in [0.3, 0.4) is 0 Å². The molecule has 5 heteroatoms. The zero-order valence-corrected chi connectivity index (χ0v) is 13.5. The molecule has 1 unspecified atom stereocenters. The zero-order valence-electron chi connectivity index (χ0n) is 13.5. The maximum atomic E-state index is 12.3. The average molecular weight is 306 g/mol. The van der Waals surface area contributed by atoms with Crippen molar-refractivity contribution >= 4 is 5.91 Å². The van der Waals surface area contributed by atoms with E-state index in [1.54, 1.807) is 11.9 Å². The number of likely N-dealkylation sites (N-methyl/N-ethyl adjacent to an activating group) is 1. The first-order valence-electron chi connectivity index (χ1n) is 7.85. The minimum absolute atomic E-state index is 0.0141. The lowest BCUT2D eigenvalue weighted by Gasteiger charge is -2.29. The topological polar surface area (TPSA) is 64.8 Å². The van der Waals surface area contributed by atoms with E-state index < -0.39 is 6.04 Å². The number of ether oxygens (including phenoxy) is 2. The second-order valence-electron chi connectivity index (χ2n) is 5.90. The number of aryl methyl sites for hydroxylation is 1. The molecule has 2 N–H and O–H groups in total. The third kappa shape index (κ3) is 4.71. The number of hydrogen-bond donors (Lipinski definition) is 1. The maximum absolute atomic E-state index is 12.3. The molecule has 22 heavy (non-hydrogen) atoms. The fraction of sp³-hybridized carbons (Fsp3) is 0.588. The molecule has 1 fully saturated rings. The number of nitrogens with zero attached hydrogens (tertiary/aromatic N) is 1. The van der Waals surface area contributed by atoms with Crippen LogP contribution in [0.25, 0.3) is 0 Å². The summed E-state index contributed by atoms with van der Waals surface area (Å²) in [5.41, 5.74) is 7.26. The molecule has 1 amide bonds. The largest absolute Gasteiger partial charge is 0.492 e. The Balaban J connectivity index is 1.76. The van der Waals surface area contributed by atoms with E-state index in [1.807, 2.05) is 31.2 Å². The fourth-order valence-corrected chi connectivity index (χ4v) is 2.65. The number of rotatable bonds is 6. The van der Waals surface area contributed by atoms with Gasteiger partial charge in [0.25, 0.3) is 0 Å². The Hall–Kier alpha value is -1.59. The van der Waals surface area contributed by atoms with Gasteiger partial charge in [-0.2, -0.15) is 0 Å². The molecule has 0 spiro atoms. The van der Waals surface area contributed by atoms with Crippen molar-refractivity contribution in [2.75, 3.05) is 33.4 Å². The maximum Gasteiger partial charge on any atom is 0.239 e. The predicted octanol–water partition coefficient (Wildman–Crippen LogP) is 1.59. The third-order valence-electron chi connectivity index (χ3n) is 4.12. The fourth-order valence-electron chi connectivity index (χ4n) is 2.65. The molecule has 1 aromatic carbocycles. The molecule has 122 valence electrons. The first-order chi connectivity index (χ1) is 10.6. The van der Waals surface area contributed by atoms with Crippen LogP contribution in [0.1, 0.15) is 18.4 Å². The molecule has 1 atom stereocenters. The van der Waals surface area contributed by atoms with Crippen molar-refractivity contribution in [3.8, 4) is 5.75 Å². The van der Waals surface area contributed by atoms with Gasteiger partial charge in [-0.15, -0.1) is 0 Å². The van der Waals surface area contributed by atoms with E-state index in [1.165, 1.54) is 0 Å². The average Bonchev–Trinajstić information content (AvgIpc) is 2.54. The van der Waals surface area contributed by atoms with Crippen LogP contribution >= 0.6 is 0 Å². The normalized spacial score (nSPS) is 17.0. The van der Waals surface area contributed by atoms with Crippen molar-refractivity contribution < 1.29 is 14.3 Å². The molecule has 1 aliphatic rings. The summed E-state index contributed by atoms with van der Waals surface area (Å²) in [7, 11) is 1.78. The molecule has 1 aromatic rings. The number of nitrogens with two attached hydrogens (primary N) is 1. The van der Waals surface area contributed by atoms with Crippen LogP contribution < -0.4 is 10.5 Å². The van der Waals surface area contributed by atoms with Crippen molar-refractivity contribution in [3.63, 3.8) is 0 Å². The highest BCUT2D eigenvalue weighted by atomic mass is 16.5. The van der Waals surface area contributed by atoms with Crippen LogP contribution in [0, 0.1) is 12.8 Å². The molecule has 0 bridgehead atoms. The van der Waals surface area contributed by atoms with Gasteiger partial charge in [0.1, 0.15) is 12.4 Å². The van der Waals surface area contributed by atoms with Crippen molar-refractivity contribution in [2.45, 2.75) is 25.8 Å². The van der Waals surface area contributed by atoms with Crippen LogP contribution in [-0.2, 0) is 9.53 Å². The first kappa shape index (κ1) is 16.8. The quantitative estimate of drug-likeness (QED) is 0.867. The standard InChI is InChI=1S/C17H26N2O3/c1-13-4-3-5-15(12-13)22-11-8-19(2)17(20)16(18)14-6-9-21-10-7-14/h3-5,12,14,16H,6-11,18H2,1-2H3. The summed E-state index contributed by atoms with van der Waals surface area (Å²) in [5.74, 6) is 1.04. The van der Waals surface area contributed by atoms with Gasteiger partial charge in [0.15, 0.2) is 0 Å². The van der Waals surface area contributed by atoms with Crippen molar-refractivity contribution in [1.82, 2.24) is 4.90 Å². The van der Waals surface area contributed by atoms with E-state index in [0.717, 1.165) is 24.2 Å².